The zero-order valence-corrected chi connectivity index (χ0v) is 19.8. The second kappa shape index (κ2) is 9.81. The number of rotatable bonds is 4. The first-order valence-corrected chi connectivity index (χ1v) is 12.3. The summed E-state index contributed by atoms with van der Waals surface area (Å²) in [6, 6.07) is 8.18. The van der Waals surface area contributed by atoms with E-state index in [1.165, 1.54) is 12.1 Å². The summed E-state index contributed by atoms with van der Waals surface area (Å²) in [4.78, 5) is 21.5. The van der Waals surface area contributed by atoms with Crippen LogP contribution in [-0.4, -0.2) is 63.4 Å². The molecule has 2 saturated heterocycles. The van der Waals surface area contributed by atoms with Gasteiger partial charge >= 0.3 is 0 Å². The molecule has 0 bridgehead atoms. The van der Waals surface area contributed by atoms with Crippen molar-refractivity contribution in [3.63, 3.8) is 0 Å². The lowest BCUT2D eigenvalue weighted by atomic mass is 9.82. The van der Waals surface area contributed by atoms with Gasteiger partial charge in [-0.05, 0) is 61.2 Å². The maximum Gasteiger partial charge on any atom is 0.222 e. The molecule has 9 heteroatoms. The van der Waals surface area contributed by atoms with Gasteiger partial charge in [0.2, 0.25) is 5.91 Å². The average molecular weight is 482 g/mol. The fourth-order valence-corrected chi connectivity index (χ4v) is 5.71. The molecule has 0 aliphatic carbocycles. The van der Waals surface area contributed by atoms with E-state index in [9.17, 15) is 14.4 Å². The summed E-state index contributed by atoms with van der Waals surface area (Å²) in [5.41, 5.74) is 7.36. The van der Waals surface area contributed by atoms with Gasteiger partial charge in [-0.15, -0.1) is 0 Å². The highest BCUT2D eigenvalue weighted by atomic mass is 19.1. The van der Waals surface area contributed by atoms with Crippen LogP contribution in [0.15, 0.2) is 41.7 Å². The second-order valence-electron chi connectivity index (χ2n) is 10.1. The number of piperidine rings is 2. The maximum atomic E-state index is 13.7. The molecule has 3 aliphatic rings. The Morgan fingerprint density at radius 2 is 2.09 bits per heavy atom. The zero-order valence-electron chi connectivity index (χ0n) is 19.8. The van der Waals surface area contributed by atoms with Gasteiger partial charge in [-0.2, -0.15) is 0 Å². The fraction of sp³-hybridized carbons (Fsp3) is 0.500. The third-order valence-electron chi connectivity index (χ3n) is 7.53. The predicted molar refractivity (Wildman–Crippen MR) is 130 cm³/mol. The smallest absolute Gasteiger partial charge is 0.222 e. The summed E-state index contributed by atoms with van der Waals surface area (Å²) in [6.45, 7) is 3.94. The second-order valence-corrected chi connectivity index (χ2v) is 10.1. The molecule has 0 unspecified atom stereocenters. The molecule has 0 radical (unpaired) electrons. The highest BCUT2D eigenvalue weighted by Crippen LogP contribution is 2.40. The number of nitrogens with zero attached hydrogens (tertiary/aromatic N) is 4. The molecular formula is C26H32FN5O3. The Bertz CT molecular complexity index is 1120. The van der Waals surface area contributed by atoms with E-state index in [4.69, 9.17) is 10.5 Å². The molecule has 1 atom stereocenters. The van der Waals surface area contributed by atoms with E-state index in [0.29, 0.717) is 67.5 Å². The van der Waals surface area contributed by atoms with E-state index in [1.807, 2.05) is 17.0 Å². The van der Waals surface area contributed by atoms with E-state index >= 15 is 0 Å². The van der Waals surface area contributed by atoms with Crippen molar-refractivity contribution in [3.8, 4) is 5.75 Å². The molecule has 3 aliphatic heterocycles. The standard InChI is InChI=1S/C26H32FN5O3/c27-20-3-4-23-21(14-20)22(30-34)15-26(35-23)6-10-32(11-7-26)25(33)13-18-2-1-9-31(16-18)17-19-5-8-29-24(28)12-19/h3-5,8,12,14,18,34H,1-2,6-7,9-11,13,15-17H2,(H2,28,29)/b30-22+/t18-/m0/s1. The summed E-state index contributed by atoms with van der Waals surface area (Å²) in [5.74, 6) is 1.20. The first kappa shape index (κ1) is 23.5. The van der Waals surface area contributed by atoms with Gasteiger partial charge in [0, 0.05) is 63.6 Å². The molecule has 4 heterocycles. The number of benzene rings is 1. The Balaban J connectivity index is 1.16. The van der Waals surface area contributed by atoms with Gasteiger partial charge in [0.25, 0.3) is 0 Å². The Hall–Kier alpha value is -3.20. The summed E-state index contributed by atoms with van der Waals surface area (Å²) in [6.07, 6.45) is 6.13. The largest absolute Gasteiger partial charge is 0.486 e. The molecule has 8 nitrogen and oxygen atoms in total. The summed E-state index contributed by atoms with van der Waals surface area (Å²) < 4.78 is 20.0. The maximum absolute atomic E-state index is 13.7. The number of oxime groups is 1. The zero-order chi connectivity index (χ0) is 24.4. The number of likely N-dealkylation sites (tertiary alicyclic amines) is 2. The minimum atomic E-state index is -0.531. The minimum absolute atomic E-state index is 0.189. The Labute approximate surface area is 204 Å². The number of hydrogen-bond acceptors (Lipinski definition) is 7. The van der Waals surface area contributed by atoms with E-state index in [1.54, 1.807) is 12.3 Å². The number of ether oxygens (including phenoxy) is 1. The molecule has 0 saturated carbocycles. The lowest BCUT2D eigenvalue weighted by molar-refractivity contribution is -0.136. The normalized spacial score (nSPS) is 23.2. The number of halogens is 1. The summed E-state index contributed by atoms with van der Waals surface area (Å²) in [7, 11) is 0. The van der Waals surface area contributed by atoms with Gasteiger partial charge < -0.3 is 20.6 Å². The average Bonchev–Trinajstić information content (AvgIpc) is 2.84. The number of hydrogen-bond donors (Lipinski definition) is 2. The van der Waals surface area contributed by atoms with Gasteiger partial charge in [-0.3, -0.25) is 9.69 Å². The molecule has 3 N–H and O–H groups in total. The van der Waals surface area contributed by atoms with Gasteiger partial charge in [-0.1, -0.05) is 5.16 Å². The topological polar surface area (TPSA) is 104 Å². The van der Waals surface area contributed by atoms with Crippen LogP contribution in [-0.2, 0) is 11.3 Å². The van der Waals surface area contributed by atoms with Crippen molar-refractivity contribution in [2.24, 2.45) is 11.1 Å². The lowest BCUT2D eigenvalue weighted by Gasteiger charge is -2.45. The van der Waals surface area contributed by atoms with Crippen molar-refractivity contribution in [3.05, 3.63) is 53.5 Å². The molecule has 186 valence electrons. The molecule has 35 heavy (non-hydrogen) atoms. The van der Waals surface area contributed by atoms with Gasteiger partial charge in [0.05, 0.1) is 5.71 Å². The predicted octanol–water partition coefficient (Wildman–Crippen LogP) is 3.43. The summed E-state index contributed by atoms with van der Waals surface area (Å²) >= 11 is 0. The van der Waals surface area contributed by atoms with Gasteiger partial charge in [-0.25, -0.2) is 9.37 Å². The molecule has 1 aromatic heterocycles. The van der Waals surface area contributed by atoms with Crippen molar-refractivity contribution in [1.82, 2.24) is 14.8 Å². The minimum Gasteiger partial charge on any atom is -0.486 e. The van der Waals surface area contributed by atoms with Crippen LogP contribution in [0.4, 0.5) is 10.2 Å². The molecular weight excluding hydrogens is 449 g/mol. The van der Waals surface area contributed by atoms with E-state index in [-0.39, 0.29) is 5.91 Å². The van der Waals surface area contributed by atoms with Crippen LogP contribution in [0.3, 0.4) is 0 Å². The highest BCUT2D eigenvalue weighted by Gasteiger charge is 2.43. The molecule has 5 rings (SSSR count). The monoisotopic (exact) mass is 481 g/mol. The lowest BCUT2D eigenvalue weighted by Crippen LogP contribution is -2.52. The van der Waals surface area contributed by atoms with Crippen LogP contribution in [0.1, 0.15) is 49.7 Å². The third kappa shape index (κ3) is 5.24. The Morgan fingerprint density at radius 3 is 2.86 bits per heavy atom. The van der Waals surface area contributed by atoms with Crippen LogP contribution in [0, 0.1) is 11.7 Å². The molecule has 2 aromatic rings. The summed E-state index contributed by atoms with van der Waals surface area (Å²) in [5, 5.41) is 13.0. The van der Waals surface area contributed by atoms with Crippen molar-refractivity contribution < 1.29 is 19.1 Å². The number of pyridine rings is 1. The van der Waals surface area contributed by atoms with Gasteiger partial charge in [0.1, 0.15) is 23.0 Å². The number of carbonyl (C=O) groups excluding carboxylic acids is 1. The SMILES string of the molecule is Nc1cc(CN2CCC[C@@H](CC(=O)N3CCC4(CC3)C/C(=N\O)c3cc(F)ccc3O4)C2)ccn1. The molecule has 1 spiro atoms. The number of fused-ring (bicyclic) bond motifs is 1. The van der Waals surface area contributed by atoms with Crippen LogP contribution in [0.2, 0.25) is 0 Å². The number of nitrogen functional groups attached to an aromatic ring is 1. The van der Waals surface area contributed by atoms with E-state index in [0.717, 1.165) is 38.0 Å². The highest BCUT2D eigenvalue weighted by molar-refractivity contribution is 6.04. The number of nitrogens with two attached hydrogens (primary N) is 1. The van der Waals surface area contributed by atoms with Crippen molar-refractivity contribution in [2.45, 2.75) is 50.7 Å². The molecule has 1 amide bonds. The number of carbonyl (C=O) groups is 1. The van der Waals surface area contributed by atoms with Gasteiger partial charge in [0.15, 0.2) is 0 Å². The van der Waals surface area contributed by atoms with E-state index in [2.05, 4.69) is 15.0 Å². The quantitative estimate of drug-likeness (QED) is 0.512. The van der Waals surface area contributed by atoms with Crippen LogP contribution < -0.4 is 10.5 Å². The Morgan fingerprint density at radius 1 is 1.26 bits per heavy atom. The number of aromatic nitrogens is 1. The molecule has 1 aromatic carbocycles. The fourth-order valence-electron chi connectivity index (χ4n) is 5.71. The first-order chi connectivity index (χ1) is 16.9. The van der Waals surface area contributed by atoms with Crippen molar-refractivity contribution >= 4 is 17.4 Å². The number of amides is 1. The van der Waals surface area contributed by atoms with Crippen LogP contribution >= 0.6 is 0 Å². The number of anilines is 1. The third-order valence-corrected chi connectivity index (χ3v) is 7.53. The van der Waals surface area contributed by atoms with Crippen molar-refractivity contribution in [1.29, 1.82) is 0 Å². The van der Waals surface area contributed by atoms with Crippen LogP contribution in [0.5, 0.6) is 5.75 Å². The van der Waals surface area contributed by atoms with E-state index < -0.39 is 11.4 Å². The Kier molecular flexibility index (Phi) is 6.60. The first-order valence-electron chi connectivity index (χ1n) is 12.3. The van der Waals surface area contributed by atoms with Crippen molar-refractivity contribution in [2.75, 3.05) is 31.9 Å². The van der Waals surface area contributed by atoms with Crippen LogP contribution in [0.25, 0.3) is 0 Å². The molecule has 2 fully saturated rings.